The standard InChI is InChI=1S/C17H25BN2O5/c1-11(2)15(17(22)20-10-6-9-14(20)18(23)24)19-16(21)12-7-4-5-8-13(12)25-3/h4-5,7-8,11,14-15,23-24H,6,9-10H2,1-3H3,(H,19,21)/t14-,15-/m0/s1. The van der Waals surface area contributed by atoms with E-state index < -0.39 is 25.0 Å². The number of benzene rings is 1. The molecule has 2 atom stereocenters. The second-order valence-corrected chi connectivity index (χ2v) is 6.55. The summed E-state index contributed by atoms with van der Waals surface area (Å²) in [5.74, 6) is -1.04. The first-order valence-electron chi connectivity index (χ1n) is 8.47. The van der Waals surface area contributed by atoms with E-state index in [0.29, 0.717) is 30.7 Å². The topological polar surface area (TPSA) is 99.1 Å². The van der Waals surface area contributed by atoms with E-state index in [1.807, 2.05) is 13.8 Å². The molecule has 7 nitrogen and oxygen atoms in total. The number of ether oxygens (including phenoxy) is 1. The lowest BCUT2D eigenvalue weighted by molar-refractivity contribution is -0.134. The maximum Gasteiger partial charge on any atom is 0.475 e. The zero-order valence-electron chi connectivity index (χ0n) is 14.8. The van der Waals surface area contributed by atoms with Gasteiger partial charge in [0.25, 0.3) is 5.91 Å². The van der Waals surface area contributed by atoms with Crippen LogP contribution >= 0.6 is 0 Å². The molecule has 0 spiro atoms. The lowest BCUT2D eigenvalue weighted by Crippen LogP contribution is -2.55. The lowest BCUT2D eigenvalue weighted by Gasteiger charge is -2.30. The summed E-state index contributed by atoms with van der Waals surface area (Å²) < 4.78 is 5.20. The summed E-state index contributed by atoms with van der Waals surface area (Å²) in [5, 5.41) is 21.7. The summed E-state index contributed by atoms with van der Waals surface area (Å²) in [6, 6.07) is 6.04. The number of para-hydroxylation sites is 1. The van der Waals surface area contributed by atoms with Gasteiger partial charge >= 0.3 is 7.12 Å². The van der Waals surface area contributed by atoms with Crippen LogP contribution in [0.4, 0.5) is 0 Å². The first kappa shape index (κ1) is 19.3. The zero-order chi connectivity index (χ0) is 18.6. The van der Waals surface area contributed by atoms with Crippen molar-refractivity contribution in [3.63, 3.8) is 0 Å². The Bertz CT molecular complexity index is 623. The molecule has 0 radical (unpaired) electrons. The molecule has 1 fully saturated rings. The van der Waals surface area contributed by atoms with E-state index >= 15 is 0 Å². The predicted octanol–water partition coefficient (Wildman–Crippen LogP) is 0.453. The number of carbonyl (C=O) groups is 2. The van der Waals surface area contributed by atoms with Crippen LogP contribution in [-0.2, 0) is 4.79 Å². The number of hydrogen-bond donors (Lipinski definition) is 3. The number of methoxy groups -OCH3 is 1. The normalized spacial score (nSPS) is 18.2. The summed E-state index contributed by atoms with van der Waals surface area (Å²) >= 11 is 0. The van der Waals surface area contributed by atoms with Crippen LogP contribution in [0.5, 0.6) is 5.75 Å². The summed E-state index contributed by atoms with van der Waals surface area (Å²) in [6.07, 6.45) is 1.24. The van der Waals surface area contributed by atoms with Crippen molar-refractivity contribution in [2.75, 3.05) is 13.7 Å². The fourth-order valence-corrected chi connectivity index (χ4v) is 3.12. The van der Waals surface area contributed by atoms with E-state index in [1.54, 1.807) is 24.3 Å². The first-order valence-corrected chi connectivity index (χ1v) is 8.47. The van der Waals surface area contributed by atoms with Crippen LogP contribution in [0.25, 0.3) is 0 Å². The highest BCUT2D eigenvalue weighted by Crippen LogP contribution is 2.22. The molecule has 1 aliphatic heterocycles. The van der Waals surface area contributed by atoms with Gasteiger partial charge < -0.3 is 25.0 Å². The number of carbonyl (C=O) groups excluding carboxylic acids is 2. The highest BCUT2D eigenvalue weighted by atomic mass is 16.5. The van der Waals surface area contributed by atoms with Crippen LogP contribution in [-0.4, -0.2) is 59.5 Å². The molecular formula is C17H25BN2O5. The average Bonchev–Trinajstić information content (AvgIpc) is 3.08. The third-order valence-corrected chi connectivity index (χ3v) is 4.50. The minimum absolute atomic E-state index is 0.150. The van der Waals surface area contributed by atoms with Gasteiger partial charge in [0, 0.05) is 6.54 Å². The van der Waals surface area contributed by atoms with E-state index in [4.69, 9.17) is 4.74 Å². The van der Waals surface area contributed by atoms with Gasteiger partial charge in [0.1, 0.15) is 11.8 Å². The molecule has 0 bridgehead atoms. The van der Waals surface area contributed by atoms with E-state index in [1.165, 1.54) is 12.0 Å². The third-order valence-electron chi connectivity index (χ3n) is 4.50. The van der Waals surface area contributed by atoms with Gasteiger partial charge in [-0.05, 0) is 30.9 Å². The van der Waals surface area contributed by atoms with E-state index in [2.05, 4.69) is 5.32 Å². The highest BCUT2D eigenvalue weighted by molar-refractivity contribution is 6.43. The van der Waals surface area contributed by atoms with Gasteiger partial charge in [-0.25, -0.2) is 0 Å². The van der Waals surface area contributed by atoms with Gasteiger partial charge in [0.2, 0.25) is 5.91 Å². The smallest absolute Gasteiger partial charge is 0.475 e. The third kappa shape index (κ3) is 4.32. The molecule has 0 unspecified atom stereocenters. The number of rotatable bonds is 6. The fraction of sp³-hybridized carbons (Fsp3) is 0.529. The van der Waals surface area contributed by atoms with Gasteiger partial charge in [-0.15, -0.1) is 0 Å². The second-order valence-electron chi connectivity index (χ2n) is 6.55. The Morgan fingerprint density at radius 1 is 1.32 bits per heavy atom. The molecule has 0 aromatic heterocycles. The summed E-state index contributed by atoms with van der Waals surface area (Å²) in [7, 11) is -0.0986. The largest absolute Gasteiger partial charge is 0.496 e. The Hall–Kier alpha value is -2.06. The van der Waals surface area contributed by atoms with E-state index in [-0.39, 0.29) is 11.8 Å². The number of likely N-dealkylation sites (tertiary alicyclic amines) is 1. The SMILES string of the molecule is COc1ccccc1C(=O)N[C@H](C(=O)N1CCC[C@H]1B(O)O)C(C)C. The molecule has 0 saturated carbocycles. The van der Waals surface area contributed by atoms with Crippen LogP contribution in [0, 0.1) is 5.92 Å². The average molecular weight is 348 g/mol. The molecular weight excluding hydrogens is 323 g/mol. The minimum Gasteiger partial charge on any atom is -0.496 e. The number of nitrogens with zero attached hydrogens (tertiary/aromatic N) is 1. The monoisotopic (exact) mass is 348 g/mol. The minimum atomic E-state index is -1.58. The van der Waals surface area contributed by atoms with Crippen molar-refractivity contribution in [1.82, 2.24) is 10.2 Å². The second kappa shape index (κ2) is 8.35. The van der Waals surface area contributed by atoms with Gasteiger partial charge in [-0.3, -0.25) is 9.59 Å². The molecule has 1 aromatic rings. The number of nitrogens with one attached hydrogen (secondary N) is 1. The Kier molecular flexibility index (Phi) is 6.44. The fourth-order valence-electron chi connectivity index (χ4n) is 3.12. The van der Waals surface area contributed by atoms with Crippen molar-refractivity contribution in [1.29, 1.82) is 0 Å². The van der Waals surface area contributed by atoms with Crippen LogP contribution in [0.15, 0.2) is 24.3 Å². The molecule has 1 aliphatic rings. The zero-order valence-corrected chi connectivity index (χ0v) is 14.8. The molecule has 0 aliphatic carbocycles. The van der Waals surface area contributed by atoms with Crippen molar-refractivity contribution in [2.45, 2.75) is 38.7 Å². The first-order chi connectivity index (χ1) is 11.9. The molecule has 25 heavy (non-hydrogen) atoms. The number of amides is 2. The highest BCUT2D eigenvalue weighted by Gasteiger charge is 2.40. The summed E-state index contributed by atoms with van der Waals surface area (Å²) in [5.41, 5.74) is 0.351. The maximum atomic E-state index is 12.9. The summed E-state index contributed by atoms with van der Waals surface area (Å²) in [4.78, 5) is 27.0. The predicted molar refractivity (Wildman–Crippen MR) is 94.0 cm³/mol. The van der Waals surface area contributed by atoms with Crippen LogP contribution in [0.3, 0.4) is 0 Å². The van der Waals surface area contributed by atoms with Crippen LogP contribution in [0.2, 0.25) is 0 Å². The molecule has 3 N–H and O–H groups in total. The van der Waals surface area contributed by atoms with Crippen LogP contribution < -0.4 is 10.1 Å². The molecule has 136 valence electrons. The van der Waals surface area contributed by atoms with E-state index in [0.717, 1.165) is 0 Å². The Morgan fingerprint density at radius 3 is 2.60 bits per heavy atom. The Labute approximate surface area is 148 Å². The van der Waals surface area contributed by atoms with E-state index in [9.17, 15) is 19.6 Å². The molecule has 1 aromatic carbocycles. The maximum absolute atomic E-state index is 12.9. The van der Waals surface area contributed by atoms with Gasteiger partial charge in [-0.1, -0.05) is 26.0 Å². The van der Waals surface area contributed by atoms with Crippen molar-refractivity contribution in [3.8, 4) is 5.75 Å². The number of hydrogen-bond acceptors (Lipinski definition) is 5. The van der Waals surface area contributed by atoms with Crippen molar-refractivity contribution in [2.24, 2.45) is 5.92 Å². The van der Waals surface area contributed by atoms with Crippen molar-refractivity contribution < 1.29 is 24.4 Å². The molecule has 2 amide bonds. The van der Waals surface area contributed by atoms with Crippen molar-refractivity contribution >= 4 is 18.9 Å². The quantitative estimate of drug-likeness (QED) is 0.649. The molecule has 1 saturated heterocycles. The Morgan fingerprint density at radius 2 is 2.00 bits per heavy atom. The van der Waals surface area contributed by atoms with Gasteiger partial charge in [0.15, 0.2) is 0 Å². The molecule has 1 heterocycles. The lowest BCUT2D eigenvalue weighted by atomic mass is 9.77. The summed E-state index contributed by atoms with van der Waals surface area (Å²) in [6.45, 7) is 4.13. The van der Waals surface area contributed by atoms with Gasteiger partial charge in [0.05, 0.1) is 18.6 Å². The van der Waals surface area contributed by atoms with Crippen LogP contribution in [0.1, 0.15) is 37.0 Å². The van der Waals surface area contributed by atoms with Gasteiger partial charge in [-0.2, -0.15) is 0 Å². The van der Waals surface area contributed by atoms with Crippen molar-refractivity contribution in [3.05, 3.63) is 29.8 Å². The molecule has 2 rings (SSSR count). The molecule has 8 heteroatoms. The Balaban J connectivity index is 2.18.